The summed E-state index contributed by atoms with van der Waals surface area (Å²) in [6.07, 6.45) is 1.64. The van der Waals surface area contributed by atoms with E-state index in [1.165, 1.54) is 10.4 Å². The average molecular weight is 429 g/mol. The van der Waals surface area contributed by atoms with Crippen molar-refractivity contribution in [1.29, 1.82) is 0 Å². The van der Waals surface area contributed by atoms with Crippen molar-refractivity contribution < 1.29 is 22.1 Å². The molecule has 0 aliphatic carbocycles. The molecule has 1 aromatic heterocycles. The first-order valence-electron chi connectivity index (χ1n) is 9.30. The lowest BCUT2D eigenvalue weighted by Crippen LogP contribution is -2.41. The Morgan fingerprint density at radius 1 is 1.14 bits per heavy atom. The second kappa shape index (κ2) is 6.44. The summed E-state index contributed by atoms with van der Waals surface area (Å²) in [5, 5.41) is 0.428. The standard InChI is InChI=1S/C18H23BClFN2O4S/c1-17(2)18(3,4)27-19(26-17)15-11-9-14(22-16(11)13(21)10-12(15)20)28(24,25)23-7-5-6-8-23/h9-10,22H,5-8H2,1-4H3. The first-order chi connectivity index (χ1) is 12.9. The van der Waals surface area contributed by atoms with Gasteiger partial charge in [0, 0.05) is 29.0 Å². The minimum absolute atomic E-state index is 0.0525. The molecular weight excluding hydrogens is 406 g/mol. The van der Waals surface area contributed by atoms with Gasteiger partial charge in [-0.2, -0.15) is 4.31 Å². The average Bonchev–Trinajstić information content (AvgIpc) is 3.27. The Bertz CT molecular complexity index is 1030. The van der Waals surface area contributed by atoms with Crippen molar-refractivity contribution in [2.75, 3.05) is 13.1 Å². The van der Waals surface area contributed by atoms with Crippen LogP contribution in [0.1, 0.15) is 40.5 Å². The van der Waals surface area contributed by atoms with Crippen molar-refractivity contribution in [3.8, 4) is 0 Å². The first-order valence-corrected chi connectivity index (χ1v) is 11.1. The number of benzene rings is 1. The van der Waals surface area contributed by atoms with E-state index in [0.29, 0.717) is 23.9 Å². The van der Waals surface area contributed by atoms with Crippen LogP contribution in [-0.2, 0) is 19.3 Å². The zero-order chi connectivity index (χ0) is 20.5. The Kier molecular flexibility index (Phi) is 4.63. The van der Waals surface area contributed by atoms with Crippen LogP contribution in [0.15, 0.2) is 17.2 Å². The molecule has 2 aliphatic heterocycles. The molecule has 0 bridgehead atoms. The van der Waals surface area contributed by atoms with Crippen LogP contribution in [0, 0.1) is 5.82 Å². The molecule has 0 spiro atoms. The number of halogens is 2. The second-order valence-corrected chi connectivity index (χ2v) is 10.7. The van der Waals surface area contributed by atoms with Gasteiger partial charge < -0.3 is 14.3 Å². The van der Waals surface area contributed by atoms with Gasteiger partial charge in [-0.3, -0.25) is 0 Å². The molecule has 2 aliphatic rings. The SMILES string of the molecule is CC1(C)OB(c2c(Cl)cc(F)c3[nH]c(S(=O)(=O)N4CCCC4)cc23)OC1(C)C. The van der Waals surface area contributed by atoms with Crippen LogP contribution in [0.3, 0.4) is 0 Å². The molecule has 3 heterocycles. The molecule has 6 nitrogen and oxygen atoms in total. The van der Waals surface area contributed by atoms with Crippen LogP contribution < -0.4 is 5.46 Å². The summed E-state index contributed by atoms with van der Waals surface area (Å²) in [6.45, 7) is 8.55. The fourth-order valence-electron chi connectivity index (χ4n) is 3.63. The number of hydrogen-bond donors (Lipinski definition) is 1. The quantitative estimate of drug-likeness (QED) is 0.763. The molecule has 0 atom stereocenters. The van der Waals surface area contributed by atoms with Crippen LogP contribution in [0.2, 0.25) is 5.02 Å². The molecule has 0 saturated carbocycles. The zero-order valence-electron chi connectivity index (χ0n) is 16.3. The maximum Gasteiger partial charge on any atom is 0.497 e. The Labute approximate surface area is 169 Å². The van der Waals surface area contributed by atoms with Crippen molar-refractivity contribution >= 4 is 45.1 Å². The van der Waals surface area contributed by atoms with E-state index in [-0.39, 0.29) is 15.6 Å². The van der Waals surface area contributed by atoms with E-state index >= 15 is 0 Å². The number of rotatable bonds is 3. The Morgan fingerprint density at radius 2 is 1.71 bits per heavy atom. The maximum absolute atomic E-state index is 14.6. The highest BCUT2D eigenvalue weighted by Gasteiger charge is 2.53. The highest BCUT2D eigenvalue weighted by atomic mass is 35.5. The van der Waals surface area contributed by atoms with Crippen LogP contribution in [0.25, 0.3) is 10.9 Å². The van der Waals surface area contributed by atoms with Crippen LogP contribution in [0.4, 0.5) is 4.39 Å². The number of aromatic amines is 1. The monoisotopic (exact) mass is 428 g/mol. The number of H-pyrrole nitrogens is 1. The van der Waals surface area contributed by atoms with Crippen LogP contribution in [-0.4, -0.2) is 49.1 Å². The van der Waals surface area contributed by atoms with Crippen molar-refractivity contribution in [2.24, 2.45) is 0 Å². The molecule has 10 heteroatoms. The summed E-state index contributed by atoms with van der Waals surface area (Å²) in [4.78, 5) is 2.74. The number of nitrogens with zero attached hydrogens (tertiary/aromatic N) is 1. The molecule has 0 unspecified atom stereocenters. The van der Waals surface area contributed by atoms with Gasteiger partial charge in [0.1, 0.15) is 10.8 Å². The van der Waals surface area contributed by atoms with Crippen LogP contribution in [0.5, 0.6) is 0 Å². The van der Waals surface area contributed by atoms with Gasteiger partial charge in [-0.15, -0.1) is 0 Å². The molecule has 4 rings (SSSR count). The summed E-state index contributed by atoms with van der Waals surface area (Å²) < 4.78 is 54.0. The predicted molar refractivity (Wildman–Crippen MR) is 107 cm³/mol. The smallest absolute Gasteiger partial charge is 0.399 e. The lowest BCUT2D eigenvalue weighted by molar-refractivity contribution is 0.00578. The Balaban J connectivity index is 1.86. The fourth-order valence-corrected chi connectivity index (χ4v) is 5.43. The highest BCUT2D eigenvalue weighted by Crippen LogP contribution is 2.38. The highest BCUT2D eigenvalue weighted by molar-refractivity contribution is 7.89. The van der Waals surface area contributed by atoms with E-state index in [2.05, 4.69) is 4.98 Å². The van der Waals surface area contributed by atoms with Gasteiger partial charge in [0.05, 0.1) is 16.7 Å². The Hall–Kier alpha value is -1.13. The molecule has 1 aromatic carbocycles. The molecule has 2 aromatic rings. The number of fused-ring (bicyclic) bond motifs is 1. The van der Waals surface area contributed by atoms with Crippen LogP contribution >= 0.6 is 11.6 Å². The summed E-state index contributed by atoms with van der Waals surface area (Å²) in [7, 11) is -4.56. The molecular formula is C18H23BClFN2O4S. The third-order valence-electron chi connectivity index (χ3n) is 6.00. The molecule has 0 amide bonds. The normalized spacial score (nSPS) is 22.4. The lowest BCUT2D eigenvalue weighted by atomic mass is 9.77. The topological polar surface area (TPSA) is 71.6 Å². The van der Waals surface area contributed by atoms with E-state index in [1.54, 1.807) is 0 Å². The minimum Gasteiger partial charge on any atom is -0.399 e. The van der Waals surface area contributed by atoms with Gasteiger partial charge >= 0.3 is 7.12 Å². The summed E-state index contributed by atoms with van der Waals surface area (Å²) in [5.74, 6) is -0.622. The van der Waals surface area contributed by atoms with E-state index in [0.717, 1.165) is 18.9 Å². The van der Waals surface area contributed by atoms with E-state index < -0.39 is 34.2 Å². The van der Waals surface area contributed by atoms with Gasteiger partial charge in [0.15, 0.2) is 0 Å². The third kappa shape index (κ3) is 2.99. The van der Waals surface area contributed by atoms with Crippen molar-refractivity contribution in [1.82, 2.24) is 9.29 Å². The van der Waals surface area contributed by atoms with Gasteiger partial charge in [-0.05, 0) is 52.7 Å². The molecule has 152 valence electrons. The van der Waals surface area contributed by atoms with E-state index in [4.69, 9.17) is 20.9 Å². The van der Waals surface area contributed by atoms with E-state index in [9.17, 15) is 12.8 Å². The van der Waals surface area contributed by atoms with Gasteiger partial charge in [-0.1, -0.05) is 11.6 Å². The number of nitrogens with one attached hydrogen (secondary N) is 1. The first kappa shape index (κ1) is 20.2. The number of hydrogen-bond acceptors (Lipinski definition) is 4. The minimum atomic E-state index is -3.73. The summed E-state index contributed by atoms with van der Waals surface area (Å²) in [6, 6.07) is 2.59. The van der Waals surface area contributed by atoms with E-state index in [1.807, 2.05) is 27.7 Å². The van der Waals surface area contributed by atoms with Crippen molar-refractivity contribution in [3.05, 3.63) is 23.0 Å². The molecule has 2 saturated heterocycles. The lowest BCUT2D eigenvalue weighted by Gasteiger charge is -2.32. The Morgan fingerprint density at radius 3 is 2.29 bits per heavy atom. The van der Waals surface area contributed by atoms with Crippen molar-refractivity contribution in [3.63, 3.8) is 0 Å². The fraction of sp³-hybridized carbons (Fsp3) is 0.556. The van der Waals surface area contributed by atoms with Gasteiger partial charge in [0.25, 0.3) is 10.0 Å². The maximum atomic E-state index is 14.6. The van der Waals surface area contributed by atoms with Gasteiger partial charge in [-0.25, -0.2) is 12.8 Å². The molecule has 28 heavy (non-hydrogen) atoms. The summed E-state index contributed by atoms with van der Waals surface area (Å²) >= 11 is 6.35. The van der Waals surface area contributed by atoms with Crippen molar-refractivity contribution in [2.45, 2.75) is 56.8 Å². The molecule has 2 fully saturated rings. The van der Waals surface area contributed by atoms with Gasteiger partial charge in [0.2, 0.25) is 0 Å². The molecule has 1 N–H and O–H groups in total. The third-order valence-corrected chi connectivity index (χ3v) is 8.14. The summed E-state index contributed by atoms with van der Waals surface area (Å²) in [5.41, 5.74) is -0.715. The largest absolute Gasteiger partial charge is 0.497 e. The number of sulfonamides is 1. The molecule has 0 radical (unpaired) electrons. The predicted octanol–water partition coefficient (Wildman–Crippen LogP) is 3.04. The zero-order valence-corrected chi connectivity index (χ0v) is 17.9. The number of aromatic nitrogens is 1. The second-order valence-electron chi connectivity index (χ2n) is 8.38.